The Morgan fingerprint density at radius 1 is 0.892 bits per heavy atom. The molecule has 0 saturated heterocycles. The molecule has 0 heterocycles. The van der Waals surface area contributed by atoms with Gasteiger partial charge in [0.15, 0.2) is 0 Å². The SMILES string of the molecule is CCC(C)C(N)C(=O)NC(CCCCN)C(=O)NC(Cc1ccc(O)cc1)C(=O)NC(C(=O)O)C(C)C. The number of rotatable bonds is 16. The van der Waals surface area contributed by atoms with Gasteiger partial charge in [-0.15, -0.1) is 0 Å². The molecular formula is C26H43N5O6. The number of carboxylic acids is 1. The molecule has 0 saturated carbocycles. The molecule has 5 unspecified atom stereocenters. The number of carbonyl (C=O) groups is 4. The maximum atomic E-state index is 13.3. The van der Waals surface area contributed by atoms with Crippen molar-refractivity contribution < 1.29 is 29.4 Å². The highest BCUT2D eigenvalue weighted by atomic mass is 16.4. The summed E-state index contributed by atoms with van der Waals surface area (Å²) in [5.74, 6) is -3.36. The molecular weight excluding hydrogens is 478 g/mol. The number of benzene rings is 1. The van der Waals surface area contributed by atoms with E-state index in [-0.39, 0.29) is 18.1 Å². The molecule has 0 fully saturated rings. The number of unbranched alkanes of at least 4 members (excludes halogenated alkanes) is 1. The zero-order chi connectivity index (χ0) is 28.1. The van der Waals surface area contributed by atoms with Crippen molar-refractivity contribution in [1.29, 1.82) is 0 Å². The summed E-state index contributed by atoms with van der Waals surface area (Å²) in [5.41, 5.74) is 12.3. The number of carbonyl (C=O) groups excluding carboxylic acids is 3. The third kappa shape index (κ3) is 10.8. The van der Waals surface area contributed by atoms with E-state index < -0.39 is 53.8 Å². The molecule has 208 valence electrons. The van der Waals surface area contributed by atoms with Crippen molar-refractivity contribution in [2.75, 3.05) is 6.54 Å². The van der Waals surface area contributed by atoms with Crippen molar-refractivity contribution >= 4 is 23.7 Å². The maximum absolute atomic E-state index is 13.3. The molecule has 5 atom stereocenters. The van der Waals surface area contributed by atoms with Gasteiger partial charge in [-0.2, -0.15) is 0 Å². The predicted molar refractivity (Wildman–Crippen MR) is 140 cm³/mol. The minimum Gasteiger partial charge on any atom is -0.508 e. The van der Waals surface area contributed by atoms with E-state index in [1.165, 1.54) is 12.1 Å². The summed E-state index contributed by atoms with van der Waals surface area (Å²) in [6, 6.07) is 2.07. The molecule has 0 aliphatic carbocycles. The van der Waals surface area contributed by atoms with E-state index in [0.717, 1.165) is 0 Å². The average molecular weight is 522 g/mol. The van der Waals surface area contributed by atoms with Gasteiger partial charge in [-0.3, -0.25) is 14.4 Å². The van der Waals surface area contributed by atoms with Gasteiger partial charge in [-0.25, -0.2) is 4.79 Å². The monoisotopic (exact) mass is 521 g/mol. The van der Waals surface area contributed by atoms with Gasteiger partial charge in [0.2, 0.25) is 17.7 Å². The minimum atomic E-state index is -1.19. The fraction of sp³-hybridized carbons (Fsp3) is 0.615. The Bertz CT molecular complexity index is 892. The number of nitrogens with one attached hydrogen (secondary N) is 3. The average Bonchev–Trinajstić information content (AvgIpc) is 2.85. The molecule has 9 N–H and O–H groups in total. The Hall–Kier alpha value is -3.18. The molecule has 0 radical (unpaired) electrons. The van der Waals surface area contributed by atoms with Crippen molar-refractivity contribution in [3.63, 3.8) is 0 Å². The van der Waals surface area contributed by atoms with Gasteiger partial charge in [0, 0.05) is 6.42 Å². The number of hydrogen-bond donors (Lipinski definition) is 7. The van der Waals surface area contributed by atoms with Crippen LogP contribution in [0.5, 0.6) is 5.75 Å². The minimum absolute atomic E-state index is 0.0398. The van der Waals surface area contributed by atoms with Crippen LogP contribution in [-0.2, 0) is 25.6 Å². The van der Waals surface area contributed by atoms with Crippen LogP contribution in [0, 0.1) is 11.8 Å². The molecule has 0 bridgehead atoms. The molecule has 11 nitrogen and oxygen atoms in total. The van der Waals surface area contributed by atoms with E-state index in [0.29, 0.717) is 37.8 Å². The Kier molecular flexibility index (Phi) is 13.6. The Balaban J connectivity index is 3.16. The Morgan fingerprint density at radius 3 is 1.97 bits per heavy atom. The number of aromatic hydroxyl groups is 1. The lowest BCUT2D eigenvalue weighted by Gasteiger charge is -2.27. The topological polar surface area (TPSA) is 197 Å². The zero-order valence-corrected chi connectivity index (χ0v) is 22.2. The molecule has 11 heteroatoms. The van der Waals surface area contributed by atoms with Crippen molar-refractivity contribution in [2.45, 2.75) is 84.0 Å². The van der Waals surface area contributed by atoms with Gasteiger partial charge in [0.1, 0.15) is 23.9 Å². The summed E-state index contributed by atoms with van der Waals surface area (Å²) in [6.07, 6.45) is 2.23. The summed E-state index contributed by atoms with van der Waals surface area (Å²) in [5, 5.41) is 27.0. The molecule has 0 spiro atoms. The third-order valence-electron chi connectivity index (χ3n) is 6.38. The van der Waals surface area contributed by atoms with E-state index in [1.54, 1.807) is 26.0 Å². The molecule has 3 amide bonds. The highest BCUT2D eigenvalue weighted by molar-refractivity contribution is 5.94. The normalized spacial score (nSPS) is 15.2. The second-order valence-corrected chi connectivity index (χ2v) is 9.76. The lowest BCUT2D eigenvalue weighted by Crippen LogP contribution is -2.58. The standard InChI is InChI=1S/C26H43N5O6/c1-5-16(4)21(28)25(35)29-19(8-6-7-13-27)23(33)30-20(14-17-9-11-18(32)12-10-17)24(34)31-22(15(2)3)26(36)37/h9-12,15-16,19-22,32H,5-8,13-14,27-28H2,1-4H3,(H,29,35)(H,30,33)(H,31,34)(H,36,37). The first-order valence-corrected chi connectivity index (χ1v) is 12.8. The second-order valence-electron chi connectivity index (χ2n) is 9.76. The van der Waals surface area contributed by atoms with Crippen LogP contribution in [0.4, 0.5) is 0 Å². The highest BCUT2D eigenvalue weighted by Gasteiger charge is 2.32. The second kappa shape index (κ2) is 15.8. The highest BCUT2D eigenvalue weighted by Crippen LogP contribution is 2.13. The van der Waals surface area contributed by atoms with E-state index in [1.807, 2.05) is 13.8 Å². The van der Waals surface area contributed by atoms with E-state index >= 15 is 0 Å². The summed E-state index contributed by atoms with van der Waals surface area (Å²) in [6.45, 7) is 7.51. The first-order valence-electron chi connectivity index (χ1n) is 12.8. The number of nitrogens with two attached hydrogens (primary N) is 2. The van der Waals surface area contributed by atoms with Crippen LogP contribution >= 0.6 is 0 Å². The molecule has 0 aliphatic rings. The van der Waals surface area contributed by atoms with Crippen molar-refractivity contribution in [3.05, 3.63) is 29.8 Å². The summed E-state index contributed by atoms with van der Waals surface area (Å²) >= 11 is 0. The van der Waals surface area contributed by atoms with Crippen molar-refractivity contribution in [1.82, 2.24) is 16.0 Å². The van der Waals surface area contributed by atoms with E-state index in [9.17, 15) is 29.4 Å². The lowest BCUT2D eigenvalue weighted by molar-refractivity contribution is -0.143. The van der Waals surface area contributed by atoms with Crippen LogP contribution in [0.15, 0.2) is 24.3 Å². The van der Waals surface area contributed by atoms with E-state index in [4.69, 9.17) is 11.5 Å². The van der Waals surface area contributed by atoms with Crippen molar-refractivity contribution in [2.24, 2.45) is 23.3 Å². The number of phenolic OH excluding ortho intramolecular Hbond substituents is 1. The van der Waals surface area contributed by atoms with Gasteiger partial charge in [0.25, 0.3) is 0 Å². The fourth-order valence-corrected chi connectivity index (χ4v) is 3.66. The van der Waals surface area contributed by atoms with Gasteiger partial charge < -0.3 is 37.6 Å². The maximum Gasteiger partial charge on any atom is 0.326 e. The Labute approximate surface area is 218 Å². The smallest absolute Gasteiger partial charge is 0.326 e. The summed E-state index contributed by atoms with van der Waals surface area (Å²) in [7, 11) is 0. The quantitative estimate of drug-likeness (QED) is 0.154. The van der Waals surface area contributed by atoms with Gasteiger partial charge >= 0.3 is 5.97 Å². The van der Waals surface area contributed by atoms with Crippen LogP contribution in [-0.4, -0.2) is 64.6 Å². The largest absolute Gasteiger partial charge is 0.508 e. The Morgan fingerprint density at radius 2 is 1.46 bits per heavy atom. The number of carboxylic acid groups (broad SMARTS) is 1. The predicted octanol–water partition coefficient (Wildman–Crippen LogP) is 0.632. The molecule has 1 aromatic carbocycles. The number of amides is 3. The van der Waals surface area contributed by atoms with Crippen LogP contribution < -0.4 is 27.4 Å². The fourth-order valence-electron chi connectivity index (χ4n) is 3.66. The lowest BCUT2D eigenvalue weighted by atomic mass is 9.98. The molecule has 0 aliphatic heterocycles. The van der Waals surface area contributed by atoms with E-state index in [2.05, 4.69) is 16.0 Å². The molecule has 0 aromatic heterocycles. The van der Waals surface area contributed by atoms with Crippen molar-refractivity contribution in [3.8, 4) is 5.75 Å². The summed E-state index contributed by atoms with van der Waals surface area (Å²) < 4.78 is 0. The first-order chi connectivity index (χ1) is 17.4. The van der Waals surface area contributed by atoms with Gasteiger partial charge in [-0.05, 0) is 55.3 Å². The molecule has 1 rings (SSSR count). The van der Waals surface area contributed by atoms with Crippen LogP contribution in [0.3, 0.4) is 0 Å². The third-order valence-corrected chi connectivity index (χ3v) is 6.38. The molecule has 37 heavy (non-hydrogen) atoms. The van der Waals surface area contributed by atoms with Crippen LogP contribution in [0.1, 0.15) is 58.9 Å². The number of phenols is 1. The first kappa shape index (κ1) is 31.8. The molecule has 1 aromatic rings. The van der Waals surface area contributed by atoms with Crippen LogP contribution in [0.25, 0.3) is 0 Å². The number of hydrogen-bond acceptors (Lipinski definition) is 7. The van der Waals surface area contributed by atoms with Gasteiger partial charge in [0.05, 0.1) is 6.04 Å². The van der Waals surface area contributed by atoms with Crippen LogP contribution in [0.2, 0.25) is 0 Å². The summed E-state index contributed by atoms with van der Waals surface area (Å²) in [4.78, 5) is 50.8. The zero-order valence-electron chi connectivity index (χ0n) is 22.2. The van der Waals surface area contributed by atoms with Gasteiger partial charge in [-0.1, -0.05) is 46.2 Å². The number of aliphatic carboxylic acids is 1.